The van der Waals surface area contributed by atoms with Crippen molar-refractivity contribution in [3.8, 4) is 0 Å². The fourth-order valence-corrected chi connectivity index (χ4v) is 2.48. The van der Waals surface area contributed by atoms with Gasteiger partial charge in [-0.25, -0.2) is 4.79 Å². The molecule has 1 atom stereocenters. The fourth-order valence-electron chi connectivity index (χ4n) is 1.81. The van der Waals surface area contributed by atoms with Crippen LogP contribution in [0.4, 0.5) is 0 Å². The van der Waals surface area contributed by atoms with Crippen molar-refractivity contribution in [1.82, 2.24) is 5.32 Å². The highest BCUT2D eigenvalue weighted by Gasteiger charge is 2.19. The van der Waals surface area contributed by atoms with Gasteiger partial charge in [0.25, 0.3) is 0 Å². The Bertz CT molecular complexity index is 508. The van der Waals surface area contributed by atoms with Gasteiger partial charge in [-0.15, -0.1) is 0 Å². The lowest BCUT2D eigenvalue weighted by Gasteiger charge is -2.14. The molecule has 1 rings (SSSR count). The molecule has 0 spiro atoms. The third-order valence-electron chi connectivity index (χ3n) is 3.12. The van der Waals surface area contributed by atoms with Crippen molar-refractivity contribution in [2.45, 2.75) is 32.2 Å². The van der Waals surface area contributed by atoms with E-state index in [1.54, 1.807) is 11.8 Å². The van der Waals surface area contributed by atoms with Gasteiger partial charge in [-0.1, -0.05) is 23.7 Å². The number of nitrogens with one attached hydrogen (secondary N) is 1. The van der Waals surface area contributed by atoms with E-state index in [2.05, 4.69) is 5.32 Å². The molecule has 0 aliphatic heterocycles. The Morgan fingerprint density at radius 2 is 2.14 bits per heavy atom. The zero-order valence-corrected chi connectivity index (χ0v) is 13.8. The normalized spacial score (nSPS) is 12.0. The molecule has 0 fully saturated rings. The molecule has 1 amide bonds. The first-order valence-electron chi connectivity index (χ1n) is 6.70. The summed E-state index contributed by atoms with van der Waals surface area (Å²) in [6, 6.07) is 4.86. The van der Waals surface area contributed by atoms with Crippen molar-refractivity contribution in [2.75, 3.05) is 12.0 Å². The Hall–Kier alpha value is -1.20. The topological polar surface area (TPSA) is 66.4 Å². The maximum Gasteiger partial charge on any atom is 0.326 e. The molecule has 0 heterocycles. The minimum atomic E-state index is -0.990. The zero-order valence-electron chi connectivity index (χ0n) is 12.2. The van der Waals surface area contributed by atoms with Crippen LogP contribution in [0.5, 0.6) is 0 Å². The molecule has 0 aliphatic carbocycles. The molecule has 116 valence electrons. The second-order valence-corrected chi connectivity index (χ2v) is 6.22. The van der Waals surface area contributed by atoms with Crippen molar-refractivity contribution in [3.05, 3.63) is 34.3 Å². The van der Waals surface area contributed by atoms with Crippen LogP contribution in [0, 0.1) is 6.92 Å². The number of aliphatic carboxylic acids is 1. The Labute approximate surface area is 134 Å². The van der Waals surface area contributed by atoms with Crippen molar-refractivity contribution < 1.29 is 14.7 Å². The number of amides is 1. The third kappa shape index (κ3) is 6.40. The van der Waals surface area contributed by atoms with Crippen LogP contribution < -0.4 is 5.32 Å². The largest absolute Gasteiger partial charge is 0.480 e. The van der Waals surface area contributed by atoms with Crippen LogP contribution in [0.2, 0.25) is 5.02 Å². The Kier molecular flexibility index (Phi) is 7.61. The van der Waals surface area contributed by atoms with E-state index in [-0.39, 0.29) is 12.3 Å². The standard InChI is InChI=1S/C15H20ClNO3S/c1-10-3-4-11(9-12(10)16)5-6-14(18)17-13(15(19)20)7-8-21-2/h3-4,9,13H,5-8H2,1-2H3,(H,17,18)(H,19,20)/t13-/m0/s1. The monoisotopic (exact) mass is 329 g/mol. The number of carbonyl (C=O) groups excluding carboxylic acids is 1. The maximum absolute atomic E-state index is 11.8. The average Bonchev–Trinajstić information content (AvgIpc) is 2.44. The summed E-state index contributed by atoms with van der Waals surface area (Å²) in [4.78, 5) is 22.9. The first kappa shape index (κ1) is 17.9. The number of carbonyl (C=O) groups is 2. The van der Waals surface area contributed by atoms with Crippen LogP contribution in [-0.2, 0) is 16.0 Å². The molecular weight excluding hydrogens is 310 g/mol. The summed E-state index contributed by atoms with van der Waals surface area (Å²) >= 11 is 7.59. The lowest BCUT2D eigenvalue weighted by atomic mass is 10.1. The SMILES string of the molecule is CSCC[C@H](NC(=O)CCc1ccc(C)c(Cl)c1)C(=O)O. The van der Waals surface area contributed by atoms with E-state index in [0.717, 1.165) is 11.1 Å². The predicted octanol–water partition coefficient (Wildman–Crippen LogP) is 2.90. The number of hydrogen-bond acceptors (Lipinski definition) is 3. The van der Waals surface area contributed by atoms with Crippen LogP contribution in [0.25, 0.3) is 0 Å². The zero-order chi connectivity index (χ0) is 15.8. The van der Waals surface area contributed by atoms with Gasteiger partial charge in [0.1, 0.15) is 6.04 Å². The summed E-state index contributed by atoms with van der Waals surface area (Å²) in [6.45, 7) is 1.92. The average molecular weight is 330 g/mol. The highest BCUT2D eigenvalue weighted by molar-refractivity contribution is 7.98. The molecule has 6 heteroatoms. The quantitative estimate of drug-likeness (QED) is 0.769. The number of hydrogen-bond donors (Lipinski definition) is 2. The molecule has 1 aromatic carbocycles. The molecule has 0 saturated carbocycles. The molecule has 0 bridgehead atoms. The van der Waals surface area contributed by atoms with Gasteiger partial charge in [0.15, 0.2) is 0 Å². The van der Waals surface area contributed by atoms with Gasteiger partial charge in [0, 0.05) is 11.4 Å². The van der Waals surface area contributed by atoms with Crippen molar-refractivity contribution >= 4 is 35.2 Å². The van der Waals surface area contributed by atoms with Crippen LogP contribution in [0.3, 0.4) is 0 Å². The molecule has 4 nitrogen and oxygen atoms in total. The summed E-state index contributed by atoms with van der Waals surface area (Å²) in [5.74, 6) is -0.541. The number of rotatable bonds is 8. The Morgan fingerprint density at radius 1 is 1.43 bits per heavy atom. The number of carboxylic acid groups (broad SMARTS) is 1. The summed E-state index contributed by atoms with van der Waals surface area (Å²) in [5.41, 5.74) is 1.96. The van der Waals surface area contributed by atoms with Gasteiger partial charge in [-0.05, 0) is 49.0 Å². The lowest BCUT2D eigenvalue weighted by Crippen LogP contribution is -2.41. The van der Waals surface area contributed by atoms with E-state index in [1.165, 1.54) is 0 Å². The summed E-state index contributed by atoms with van der Waals surface area (Å²) in [5, 5.41) is 12.3. The lowest BCUT2D eigenvalue weighted by molar-refractivity contribution is -0.141. The van der Waals surface area contributed by atoms with Gasteiger partial charge in [-0.2, -0.15) is 11.8 Å². The van der Waals surface area contributed by atoms with E-state index in [9.17, 15) is 9.59 Å². The molecule has 1 aromatic rings. The van der Waals surface area contributed by atoms with E-state index >= 15 is 0 Å². The Balaban J connectivity index is 2.48. The number of benzene rings is 1. The number of aryl methyl sites for hydroxylation is 2. The molecule has 0 saturated heterocycles. The van der Waals surface area contributed by atoms with Crippen molar-refractivity contribution in [3.63, 3.8) is 0 Å². The van der Waals surface area contributed by atoms with Gasteiger partial charge in [0.05, 0.1) is 0 Å². The van der Waals surface area contributed by atoms with E-state index in [4.69, 9.17) is 16.7 Å². The van der Waals surface area contributed by atoms with Crippen LogP contribution in [-0.4, -0.2) is 35.0 Å². The fraction of sp³-hybridized carbons (Fsp3) is 0.467. The van der Waals surface area contributed by atoms with Gasteiger partial charge in [-0.3, -0.25) is 4.79 Å². The van der Waals surface area contributed by atoms with E-state index in [0.29, 0.717) is 23.6 Å². The highest BCUT2D eigenvalue weighted by Crippen LogP contribution is 2.17. The minimum absolute atomic E-state index is 0.250. The van der Waals surface area contributed by atoms with E-state index < -0.39 is 12.0 Å². The van der Waals surface area contributed by atoms with Crippen molar-refractivity contribution in [1.29, 1.82) is 0 Å². The minimum Gasteiger partial charge on any atom is -0.480 e. The molecule has 0 aromatic heterocycles. The molecule has 0 unspecified atom stereocenters. The molecular formula is C15H20ClNO3S. The molecule has 0 aliphatic rings. The smallest absolute Gasteiger partial charge is 0.326 e. The first-order valence-corrected chi connectivity index (χ1v) is 8.47. The second kappa shape index (κ2) is 8.95. The number of carboxylic acids is 1. The van der Waals surface area contributed by atoms with Gasteiger partial charge < -0.3 is 10.4 Å². The van der Waals surface area contributed by atoms with Crippen LogP contribution in [0.15, 0.2) is 18.2 Å². The number of halogens is 1. The van der Waals surface area contributed by atoms with Crippen LogP contribution >= 0.6 is 23.4 Å². The predicted molar refractivity (Wildman–Crippen MR) is 87.1 cm³/mol. The summed E-state index contributed by atoms with van der Waals surface area (Å²) < 4.78 is 0. The summed E-state index contributed by atoms with van der Waals surface area (Å²) in [7, 11) is 0. The molecule has 0 radical (unpaired) electrons. The highest BCUT2D eigenvalue weighted by atomic mass is 35.5. The van der Waals surface area contributed by atoms with Gasteiger partial charge >= 0.3 is 5.97 Å². The second-order valence-electron chi connectivity index (χ2n) is 4.82. The maximum atomic E-state index is 11.8. The Morgan fingerprint density at radius 3 is 2.71 bits per heavy atom. The summed E-state index contributed by atoms with van der Waals surface area (Å²) in [6.07, 6.45) is 3.13. The molecule has 21 heavy (non-hydrogen) atoms. The van der Waals surface area contributed by atoms with E-state index in [1.807, 2.05) is 31.4 Å². The van der Waals surface area contributed by atoms with Gasteiger partial charge in [0.2, 0.25) is 5.91 Å². The van der Waals surface area contributed by atoms with Crippen LogP contribution in [0.1, 0.15) is 24.0 Å². The first-order chi connectivity index (χ1) is 9.93. The number of thioether (sulfide) groups is 1. The van der Waals surface area contributed by atoms with Crippen molar-refractivity contribution in [2.24, 2.45) is 0 Å². The third-order valence-corrected chi connectivity index (χ3v) is 4.17. The molecule has 2 N–H and O–H groups in total.